The van der Waals surface area contributed by atoms with Crippen LogP contribution in [0.4, 0.5) is 5.82 Å². The second kappa shape index (κ2) is 5.52. The summed E-state index contributed by atoms with van der Waals surface area (Å²) >= 11 is 0. The largest absolute Gasteiger partial charge is 0.362 e. The van der Waals surface area contributed by atoms with Gasteiger partial charge >= 0.3 is 0 Å². The van der Waals surface area contributed by atoms with E-state index in [1.54, 1.807) is 6.20 Å². The normalized spacial score (nSPS) is 12.5. The number of nitrogens with zero attached hydrogens (tertiary/aromatic N) is 4. The summed E-state index contributed by atoms with van der Waals surface area (Å²) in [6.07, 6.45) is 4.49. The van der Waals surface area contributed by atoms with Gasteiger partial charge in [0.05, 0.1) is 17.9 Å². The summed E-state index contributed by atoms with van der Waals surface area (Å²) in [6.45, 7) is 6.29. The van der Waals surface area contributed by atoms with Gasteiger partial charge in [-0.1, -0.05) is 13.0 Å². The number of aryl methyl sites for hydroxylation is 2. The van der Waals surface area contributed by atoms with Gasteiger partial charge in [0.25, 0.3) is 0 Å². The molecule has 0 aromatic carbocycles. The monoisotopic (exact) mass is 281 g/mol. The first kappa shape index (κ1) is 13.5. The van der Waals surface area contributed by atoms with Crippen molar-refractivity contribution < 1.29 is 0 Å². The molecule has 5 nitrogen and oxygen atoms in total. The Balaban J connectivity index is 1.97. The SMILES string of the molecule is CCc1cc(N[C@@H](C)c2ncccc2C)n2nccc2n1. The molecule has 3 aromatic heterocycles. The molecule has 0 aliphatic heterocycles. The van der Waals surface area contributed by atoms with E-state index in [1.807, 2.05) is 22.8 Å². The lowest BCUT2D eigenvalue weighted by atomic mass is 10.1. The van der Waals surface area contributed by atoms with Crippen LogP contribution in [0.1, 0.15) is 36.8 Å². The molecular formula is C16H19N5. The van der Waals surface area contributed by atoms with Crippen molar-refractivity contribution in [3.8, 4) is 0 Å². The van der Waals surface area contributed by atoms with Crippen molar-refractivity contribution in [2.24, 2.45) is 0 Å². The minimum atomic E-state index is 0.103. The Morgan fingerprint density at radius 2 is 2.14 bits per heavy atom. The van der Waals surface area contributed by atoms with Crippen molar-refractivity contribution in [3.05, 3.63) is 53.6 Å². The number of pyridine rings is 1. The Labute approximate surface area is 124 Å². The van der Waals surface area contributed by atoms with Crippen molar-refractivity contribution in [2.45, 2.75) is 33.2 Å². The van der Waals surface area contributed by atoms with E-state index >= 15 is 0 Å². The molecule has 3 aromatic rings. The minimum absolute atomic E-state index is 0.103. The Morgan fingerprint density at radius 1 is 1.29 bits per heavy atom. The van der Waals surface area contributed by atoms with Gasteiger partial charge in [-0.2, -0.15) is 9.61 Å². The number of anilines is 1. The molecule has 0 fully saturated rings. The van der Waals surface area contributed by atoms with E-state index in [0.29, 0.717) is 0 Å². The summed E-state index contributed by atoms with van der Waals surface area (Å²) in [7, 11) is 0. The van der Waals surface area contributed by atoms with Gasteiger partial charge in [-0.25, -0.2) is 4.98 Å². The van der Waals surface area contributed by atoms with Crippen LogP contribution in [-0.4, -0.2) is 19.6 Å². The first-order valence-electron chi connectivity index (χ1n) is 7.20. The predicted molar refractivity (Wildman–Crippen MR) is 83.4 cm³/mol. The van der Waals surface area contributed by atoms with Crippen molar-refractivity contribution >= 4 is 11.5 Å². The zero-order valence-electron chi connectivity index (χ0n) is 12.5. The molecule has 5 heteroatoms. The van der Waals surface area contributed by atoms with Crippen LogP contribution < -0.4 is 5.32 Å². The molecule has 108 valence electrons. The van der Waals surface area contributed by atoms with Gasteiger partial charge in [0.1, 0.15) is 5.82 Å². The number of hydrogen-bond acceptors (Lipinski definition) is 4. The Bertz CT molecular complexity index is 762. The lowest BCUT2D eigenvalue weighted by Gasteiger charge is -2.17. The fourth-order valence-corrected chi connectivity index (χ4v) is 2.49. The molecule has 0 bridgehead atoms. The molecule has 0 saturated carbocycles. The second-order valence-electron chi connectivity index (χ2n) is 5.16. The van der Waals surface area contributed by atoms with Crippen LogP contribution in [0.25, 0.3) is 5.65 Å². The van der Waals surface area contributed by atoms with Gasteiger partial charge in [-0.15, -0.1) is 0 Å². The summed E-state index contributed by atoms with van der Waals surface area (Å²) in [5, 5.41) is 7.84. The maximum Gasteiger partial charge on any atom is 0.157 e. The summed E-state index contributed by atoms with van der Waals surface area (Å²) < 4.78 is 1.83. The molecule has 0 amide bonds. The Kier molecular flexibility index (Phi) is 3.56. The number of hydrogen-bond donors (Lipinski definition) is 1. The molecule has 3 rings (SSSR count). The van der Waals surface area contributed by atoms with E-state index in [4.69, 9.17) is 0 Å². The first-order valence-corrected chi connectivity index (χ1v) is 7.20. The third-order valence-electron chi connectivity index (χ3n) is 3.60. The highest BCUT2D eigenvalue weighted by atomic mass is 15.3. The van der Waals surface area contributed by atoms with Gasteiger partial charge in [0, 0.05) is 24.0 Å². The van der Waals surface area contributed by atoms with E-state index in [9.17, 15) is 0 Å². The molecule has 0 unspecified atom stereocenters. The zero-order valence-corrected chi connectivity index (χ0v) is 12.5. The Hall–Kier alpha value is -2.43. The molecule has 0 radical (unpaired) electrons. The van der Waals surface area contributed by atoms with Crippen molar-refractivity contribution in [2.75, 3.05) is 5.32 Å². The van der Waals surface area contributed by atoms with Crippen molar-refractivity contribution in [3.63, 3.8) is 0 Å². The highest BCUT2D eigenvalue weighted by molar-refractivity contribution is 5.50. The molecular weight excluding hydrogens is 262 g/mol. The van der Waals surface area contributed by atoms with Crippen molar-refractivity contribution in [1.82, 2.24) is 19.6 Å². The number of rotatable bonds is 4. The highest BCUT2D eigenvalue weighted by Gasteiger charge is 2.12. The number of aromatic nitrogens is 4. The van der Waals surface area contributed by atoms with E-state index < -0.39 is 0 Å². The maximum absolute atomic E-state index is 4.56. The van der Waals surface area contributed by atoms with E-state index in [1.165, 1.54) is 5.56 Å². The number of fused-ring (bicyclic) bond motifs is 1. The second-order valence-corrected chi connectivity index (χ2v) is 5.16. The number of nitrogens with one attached hydrogen (secondary N) is 1. The van der Waals surface area contributed by atoms with Crippen LogP contribution in [-0.2, 0) is 6.42 Å². The van der Waals surface area contributed by atoms with Gasteiger partial charge in [0.15, 0.2) is 5.65 Å². The highest BCUT2D eigenvalue weighted by Crippen LogP contribution is 2.21. The Morgan fingerprint density at radius 3 is 2.90 bits per heavy atom. The smallest absolute Gasteiger partial charge is 0.157 e. The molecule has 0 saturated heterocycles. The third kappa shape index (κ3) is 2.59. The summed E-state index contributed by atoms with van der Waals surface area (Å²) in [5.74, 6) is 0.944. The lowest BCUT2D eigenvalue weighted by molar-refractivity contribution is 0.798. The van der Waals surface area contributed by atoms with Crippen LogP contribution in [0.15, 0.2) is 36.7 Å². The van der Waals surface area contributed by atoms with Gasteiger partial charge in [-0.3, -0.25) is 4.98 Å². The van der Waals surface area contributed by atoms with Crippen LogP contribution in [0.2, 0.25) is 0 Å². The molecule has 21 heavy (non-hydrogen) atoms. The standard InChI is InChI=1S/C16H19N5/c1-4-13-10-15(21-14(20-13)7-9-18-21)19-12(3)16-11(2)6-5-8-17-16/h5-10,12,19H,4H2,1-3H3/t12-/m0/s1. The molecule has 1 N–H and O–H groups in total. The fraction of sp³-hybridized carbons (Fsp3) is 0.312. The van der Waals surface area contributed by atoms with Crippen LogP contribution in [0.5, 0.6) is 0 Å². The first-order chi connectivity index (χ1) is 10.2. The average molecular weight is 281 g/mol. The van der Waals surface area contributed by atoms with Gasteiger partial charge in [0.2, 0.25) is 0 Å². The van der Waals surface area contributed by atoms with Gasteiger partial charge in [-0.05, 0) is 31.9 Å². The summed E-state index contributed by atoms with van der Waals surface area (Å²) in [5.41, 5.74) is 4.14. The average Bonchev–Trinajstić information content (AvgIpc) is 2.96. The maximum atomic E-state index is 4.56. The molecule has 3 heterocycles. The summed E-state index contributed by atoms with van der Waals surface area (Å²) in [4.78, 5) is 9.03. The quantitative estimate of drug-likeness (QED) is 0.798. The van der Waals surface area contributed by atoms with E-state index in [2.05, 4.69) is 53.3 Å². The van der Waals surface area contributed by atoms with E-state index in [-0.39, 0.29) is 6.04 Å². The predicted octanol–water partition coefficient (Wildman–Crippen LogP) is 3.17. The van der Waals surface area contributed by atoms with Gasteiger partial charge < -0.3 is 5.32 Å². The summed E-state index contributed by atoms with van der Waals surface area (Å²) in [6, 6.07) is 8.11. The lowest BCUT2D eigenvalue weighted by Crippen LogP contribution is -2.13. The van der Waals surface area contributed by atoms with Crippen molar-refractivity contribution in [1.29, 1.82) is 0 Å². The topological polar surface area (TPSA) is 55.1 Å². The zero-order chi connectivity index (χ0) is 14.8. The molecule has 0 spiro atoms. The molecule has 1 atom stereocenters. The van der Waals surface area contributed by atoms with Crippen LogP contribution >= 0.6 is 0 Å². The van der Waals surface area contributed by atoms with E-state index in [0.717, 1.165) is 29.3 Å². The minimum Gasteiger partial charge on any atom is -0.362 e. The fourth-order valence-electron chi connectivity index (χ4n) is 2.49. The molecule has 0 aliphatic rings. The third-order valence-corrected chi connectivity index (χ3v) is 3.60. The van der Waals surface area contributed by atoms with Crippen LogP contribution in [0.3, 0.4) is 0 Å². The molecule has 0 aliphatic carbocycles. The van der Waals surface area contributed by atoms with Crippen LogP contribution in [0, 0.1) is 6.92 Å².